The molecule has 0 bridgehead atoms. The van der Waals surface area contributed by atoms with Crippen LogP contribution in [0.1, 0.15) is 28.2 Å². The summed E-state index contributed by atoms with van der Waals surface area (Å²) in [6.45, 7) is 2.20. The van der Waals surface area contributed by atoms with Gasteiger partial charge in [0.25, 0.3) is 10.1 Å². The molecule has 17 heavy (non-hydrogen) atoms. The van der Waals surface area contributed by atoms with Crippen molar-refractivity contribution in [2.24, 2.45) is 0 Å². The van der Waals surface area contributed by atoms with Gasteiger partial charge in [-0.3, -0.25) is 4.18 Å². The van der Waals surface area contributed by atoms with Crippen LogP contribution in [0.15, 0.2) is 24.3 Å². The van der Waals surface area contributed by atoms with Gasteiger partial charge in [0, 0.05) is 0 Å². The predicted molar refractivity (Wildman–Crippen MR) is 69.6 cm³/mol. The van der Waals surface area contributed by atoms with E-state index in [-0.39, 0.29) is 58.7 Å². The second-order valence-electron chi connectivity index (χ2n) is 3.54. The van der Waals surface area contributed by atoms with Crippen molar-refractivity contribution in [2.45, 2.75) is 25.5 Å². The van der Waals surface area contributed by atoms with E-state index in [0.717, 1.165) is 12.8 Å². The van der Waals surface area contributed by atoms with Gasteiger partial charge in [0.1, 0.15) is 11.5 Å². The van der Waals surface area contributed by atoms with Crippen molar-refractivity contribution in [2.75, 3.05) is 6.61 Å². The molecule has 1 N–H and O–H groups in total. The quantitative estimate of drug-likeness (QED) is 0.493. The Labute approximate surface area is 135 Å². The fraction of sp³-hybridized carbons (Fsp3) is 0.455. The van der Waals surface area contributed by atoms with Crippen LogP contribution in [0.4, 0.5) is 0 Å². The maximum atomic E-state index is 11.5. The molecule has 0 heterocycles. The van der Waals surface area contributed by atoms with Crippen LogP contribution in [0, 0.1) is 0 Å². The van der Waals surface area contributed by atoms with E-state index in [9.17, 15) is 8.42 Å². The molecule has 94 valence electrons. The molecule has 0 aliphatic carbocycles. The average Bonchev–Trinajstić information content (AvgIpc) is 2.21. The van der Waals surface area contributed by atoms with Gasteiger partial charge in [-0.2, -0.15) is 8.42 Å². The van der Waals surface area contributed by atoms with Gasteiger partial charge >= 0.3 is 37.7 Å². The Balaban J connectivity index is -0.000000853. The van der Waals surface area contributed by atoms with E-state index < -0.39 is 10.1 Å². The second-order valence-corrected chi connectivity index (χ2v) is 5.18. The van der Waals surface area contributed by atoms with E-state index in [1.165, 1.54) is 12.1 Å². The van der Waals surface area contributed by atoms with Crippen LogP contribution >= 0.6 is 0 Å². The molecule has 0 saturated heterocycles. The number of hydrogen-bond acceptors (Lipinski definition) is 4. The van der Waals surface area contributed by atoms with Gasteiger partial charge < -0.3 is 7.96 Å². The molecule has 4 nitrogen and oxygen atoms in total. The van der Waals surface area contributed by atoms with Crippen LogP contribution in [-0.4, -0.2) is 57.9 Å². The minimum atomic E-state index is -3.50. The van der Waals surface area contributed by atoms with Crippen molar-refractivity contribution >= 4 is 47.9 Å². The average molecular weight is 286 g/mol. The van der Waals surface area contributed by atoms with Gasteiger partial charge in [-0.1, -0.05) is 25.5 Å². The van der Waals surface area contributed by atoms with Crippen LogP contribution in [0.2, 0.25) is 0 Å². The Morgan fingerprint density at radius 2 is 1.88 bits per heavy atom. The molecule has 0 aromatic heterocycles. The predicted octanol–water partition coefficient (Wildman–Crippen LogP) is 1.88. The Morgan fingerprint density at radius 3 is 2.41 bits per heavy atom. The first-order valence-electron chi connectivity index (χ1n) is 5.18. The minimum absolute atomic E-state index is 0. The monoisotopic (exact) mass is 286 g/mol. The van der Waals surface area contributed by atoms with E-state index in [1.807, 2.05) is 6.92 Å². The zero-order valence-corrected chi connectivity index (χ0v) is 13.0. The molecule has 1 aromatic carbocycles. The summed E-state index contributed by atoms with van der Waals surface area (Å²) in [5.74, 6) is -0.0372. The summed E-state index contributed by atoms with van der Waals surface area (Å²) in [6, 6.07) is 6.04. The molecular formula is C11H18CaO4S. The molecule has 0 amide bonds. The zero-order chi connectivity index (χ0) is 12.0. The van der Waals surface area contributed by atoms with E-state index in [4.69, 9.17) is 9.29 Å². The molecule has 0 spiro atoms. The van der Waals surface area contributed by atoms with Gasteiger partial charge in [-0.05, 0) is 24.1 Å². The van der Waals surface area contributed by atoms with Crippen molar-refractivity contribution in [3.05, 3.63) is 29.8 Å². The Kier molecular flexibility index (Phi) is 8.41. The van der Waals surface area contributed by atoms with Crippen LogP contribution in [0.25, 0.3) is 0 Å². The van der Waals surface area contributed by atoms with Gasteiger partial charge in [-0.15, -0.1) is 0 Å². The smallest absolute Gasteiger partial charge is 1.00 e. The molecule has 0 saturated carbocycles. The summed E-state index contributed by atoms with van der Waals surface area (Å²) < 4.78 is 27.8. The van der Waals surface area contributed by atoms with Crippen LogP contribution in [-0.2, 0) is 20.1 Å². The number of phenolic OH excluding ortho intramolecular Hbond substituents is 1. The maximum Gasteiger partial charge on any atom is 2.00 e. The number of unbranched alkanes of at least 4 members (excludes halogenated alkanes) is 1. The molecule has 0 unspecified atom stereocenters. The molecule has 6 heteroatoms. The molecule has 1 aromatic rings. The van der Waals surface area contributed by atoms with Crippen molar-refractivity contribution in [1.29, 1.82) is 0 Å². The molecule has 0 aliphatic rings. The maximum absolute atomic E-state index is 11.5. The van der Waals surface area contributed by atoms with Crippen LogP contribution in [0.3, 0.4) is 0 Å². The van der Waals surface area contributed by atoms with Gasteiger partial charge in [0.2, 0.25) is 0 Å². The number of hydrogen-bond donors (Lipinski definition) is 1. The first-order chi connectivity index (χ1) is 7.53. The number of aromatic hydroxyl groups is 1. The third kappa shape index (κ3) is 7.26. The van der Waals surface area contributed by atoms with E-state index in [1.54, 1.807) is 12.1 Å². The van der Waals surface area contributed by atoms with Gasteiger partial charge in [-0.25, -0.2) is 0 Å². The standard InChI is InChI=1S/C11H16O4S.Ca.2H/c1-2-3-8-15-16(13,14)9-10-4-6-11(12)7-5-10;;;/h4-7,12H,2-3,8-9H2,1H3;;;/q;+2;2*-1. The topological polar surface area (TPSA) is 63.6 Å². The zero-order valence-electron chi connectivity index (χ0n) is 11.9. The summed E-state index contributed by atoms with van der Waals surface area (Å²) in [5, 5.41) is 9.05. The van der Waals surface area contributed by atoms with Gasteiger partial charge in [0.15, 0.2) is 0 Å². The van der Waals surface area contributed by atoms with E-state index in [0.29, 0.717) is 5.56 Å². The Morgan fingerprint density at radius 1 is 1.29 bits per heavy atom. The third-order valence-electron chi connectivity index (χ3n) is 2.04. The molecule has 0 radical (unpaired) electrons. The first-order valence-corrected chi connectivity index (χ1v) is 6.76. The fourth-order valence-corrected chi connectivity index (χ4v) is 2.22. The molecule has 0 fully saturated rings. The first kappa shape index (κ1) is 17.2. The molecule has 0 atom stereocenters. The minimum Gasteiger partial charge on any atom is -1.00 e. The Hall–Kier alpha value is 0.190. The SMILES string of the molecule is CCCCOS(=O)(=O)Cc1ccc(O)cc1.[Ca+2].[H-].[H-]. The number of phenols is 1. The second kappa shape index (κ2) is 8.32. The van der Waals surface area contributed by atoms with E-state index in [2.05, 4.69) is 0 Å². The molecule has 1 rings (SSSR count). The number of benzene rings is 1. The Bertz CT molecular complexity index is 423. The van der Waals surface area contributed by atoms with Crippen LogP contribution < -0.4 is 0 Å². The van der Waals surface area contributed by atoms with Crippen molar-refractivity contribution in [3.8, 4) is 5.75 Å². The summed E-state index contributed by atoms with van der Waals surface area (Å²) in [4.78, 5) is 0. The summed E-state index contributed by atoms with van der Waals surface area (Å²) in [7, 11) is -3.50. The summed E-state index contributed by atoms with van der Waals surface area (Å²) >= 11 is 0. The van der Waals surface area contributed by atoms with E-state index >= 15 is 0 Å². The van der Waals surface area contributed by atoms with Crippen molar-refractivity contribution in [1.82, 2.24) is 0 Å². The number of rotatable bonds is 6. The summed E-state index contributed by atoms with van der Waals surface area (Å²) in [5.41, 5.74) is 0.606. The van der Waals surface area contributed by atoms with Crippen LogP contribution in [0.5, 0.6) is 5.75 Å². The normalized spacial score (nSPS) is 10.9. The third-order valence-corrected chi connectivity index (χ3v) is 3.25. The molecular weight excluding hydrogens is 268 g/mol. The molecule has 0 aliphatic heterocycles. The van der Waals surface area contributed by atoms with Crippen molar-refractivity contribution in [3.63, 3.8) is 0 Å². The van der Waals surface area contributed by atoms with Gasteiger partial charge in [0.05, 0.1) is 6.61 Å². The van der Waals surface area contributed by atoms with Crippen molar-refractivity contribution < 1.29 is 20.6 Å². The fourth-order valence-electron chi connectivity index (χ4n) is 1.17. The largest absolute Gasteiger partial charge is 2.00 e. The summed E-state index contributed by atoms with van der Waals surface area (Å²) in [6.07, 6.45) is 1.63.